The van der Waals surface area contributed by atoms with E-state index in [0.717, 1.165) is 6.42 Å². The molecule has 0 aromatic heterocycles. The second kappa shape index (κ2) is 7.85. The van der Waals surface area contributed by atoms with Crippen molar-refractivity contribution in [1.29, 1.82) is 0 Å². The maximum Gasteiger partial charge on any atom is 0.243 e. The van der Waals surface area contributed by atoms with Crippen molar-refractivity contribution in [3.8, 4) is 0 Å². The molecule has 0 fully saturated rings. The Kier molecular flexibility index (Phi) is 7.03. The molecule has 0 aliphatic carbocycles. The van der Waals surface area contributed by atoms with Crippen molar-refractivity contribution in [2.45, 2.75) is 13.3 Å². The first kappa shape index (κ1) is 10.8. The van der Waals surface area contributed by atoms with Crippen LogP contribution in [0.15, 0.2) is 25.0 Å². The van der Waals surface area contributed by atoms with Crippen LogP contribution in [-0.4, -0.2) is 19.1 Å². The molecular formula is C9H15NO2. The Morgan fingerprint density at radius 2 is 2.42 bits per heavy atom. The molecule has 3 nitrogen and oxygen atoms in total. The third kappa shape index (κ3) is 6.86. The Morgan fingerprint density at radius 1 is 1.67 bits per heavy atom. The van der Waals surface area contributed by atoms with Crippen LogP contribution in [0, 0.1) is 0 Å². The fourth-order valence-electron chi connectivity index (χ4n) is 0.661. The minimum atomic E-state index is -0.0592. The number of carbonyl (C=O) groups excluding carboxylic acids is 1. The summed E-state index contributed by atoms with van der Waals surface area (Å²) in [6, 6.07) is 0. The van der Waals surface area contributed by atoms with Crippen molar-refractivity contribution in [2.75, 3.05) is 13.2 Å². The SMILES string of the molecule is C=COCCCNC(=O)C=CC. The van der Waals surface area contributed by atoms with Crippen molar-refractivity contribution in [2.24, 2.45) is 0 Å². The quantitative estimate of drug-likeness (QED) is 0.369. The van der Waals surface area contributed by atoms with Crippen LogP contribution in [-0.2, 0) is 9.53 Å². The Hall–Kier alpha value is -1.25. The van der Waals surface area contributed by atoms with Gasteiger partial charge in [0.2, 0.25) is 5.91 Å². The van der Waals surface area contributed by atoms with E-state index in [0.29, 0.717) is 13.2 Å². The van der Waals surface area contributed by atoms with Gasteiger partial charge in [0.05, 0.1) is 12.9 Å². The predicted octanol–water partition coefficient (Wildman–Crippen LogP) is 1.23. The average Bonchev–Trinajstić information content (AvgIpc) is 2.05. The van der Waals surface area contributed by atoms with Crippen LogP contribution in [0.1, 0.15) is 13.3 Å². The van der Waals surface area contributed by atoms with Crippen molar-refractivity contribution in [1.82, 2.24) is 5.32 Å². The van der Waals surface area contributed by atoms with Crippen molar-refractivity contribution in [3.05, 3.63) is 25.0 Å². The summed E-state index contributed by atoms with van der Waals surface area (Å²) in [5.41, 5.74) is 0. The maximum absolute atomic E-state index is 10.8. The first-order chi connectivity index (χ1) is 5.81. The van der Waals surface area contributed by atoms with Gasteiger partial charge in [-0.2, -0.15) is 0 Å². The van der Waals surface area contributed by atoms with Gasteiger partial charge in [0.15, 0.2) is 0 Å². The van der Waals surface area contributed by atoms with Crippen LogP contribution in [0.5, 0.6) is 0 Å². The highest BCUT2D eigenvalue weighted by atomic mass is 16.5. The molecule has 0 rings (SSSR count). The second-order valence-corrected chi connectivity index (χ2v) is 2.18. The summed E-state index contributed by atoms with van der Waals surface area (Å²) in [4.78, 5) is 10.8. The fourth-order valence-corrected chi connectivity index (χ4v) is 0.661. The predicted molar refractivity (Wildman–Crippen MR) is 48.6 cm³/mol. The van der Waals surface area contributed by atoms with Gasteiger partial charge in [0.25, 0.3) is 0 Å². The number of allylic oxidation sites excluding steroid dienone is 1. The van der Waals surface area contributed by atoms with Crippen LogP contribution >= 0.6 is 0 Å². The van der Waals surface area contributed by atoms with E-state index in [1.54, 1.807) is 13.0 Å². The number of rotatable bonds is 6. The highest BCUT2D eigenvalue weighted by Crippen LogP contribution is 1.81. The molecule has 0 aromatic rings. The van der Waals surface area contributed by atoms with Gasteiger partial charge in [0.1, 0.15) is 0 Å². The molecule has 0 aliphatic rings. The molecule has 68 valence electrons. The lowest BCUT2D eigenvalue weighted by Gasteiger charge is -2.01. The Labute approximate surface area is 73.1 Å². The zero-order valence-corrected chi connectivity index (χ0v) is 7.38. The van der Waals surface area contributed by atoms with Crippen LogP contribution in [0.4, 0.5) is 0 Å². The summed E-state index contributed by atoms with van der Waals surface area (Å²) in [5.74, 6) is -0.0592. The molecule has 0 aromatic carbocycles. The molecule has 0 atom stereocenters. The molecule has 0 bridgehead atoms. The summed E-state index contributed by atoms with van der Waals surface area (Å²) in [7, 11) is 0. The van der Waals surface area contributed by atoms with Gasteiger partial charge in [-0.25, -0.2) is 0 Å². The number of hydrogen-bond donors (Lipinski definition) is 1. The lowest BCUT2D eigenvalue weighted by molar-refractivity contribution is -0.116. The van der Waals surface area contributed by atoms with E-state index >= 15 is 0 Å². The summed E-state index contributed by atoms with van der Waals surface area (Å²) in [6.45, 7) is 6.44. The van der Waals surface area contributed by atoms with Gasteiger partial charge < -0.3 is 10.1 Å². The van der Waals surface area contributed by atoms with Crippen molar-refractivity contribution in [3.63, 3.8) is 0 Å². The van der Waals surface area contributed by atoms with Gasteiger partial charge in [0, 0.05) is 6.54 Å². The van der Waals surface area contributed by atoms with Crippen LogP contribution in [0.25, 0.3) is 0 Å². The molecular weight excluding hydrogens is 154 g/mol. The molecule has 3 heteroatoms. The monoisotopic (exact) mass is 169 g/mol. The molecule has 12 heavy (non-hydrogen) atoms. The van der Waals surface area contributed by atoms with Crippen LogP contribution in [0.3, 0.4) is 0 Å². The average molecular weight is 169 g/mol. The van der Waals surface area contributed by atoms with E-state index in [2.05, 4.69) is 11.9 Å². The van der Waals surface area contributed by atoms with Gasteiger partial charge in [-0.05, 0) is 19.4 Å². The molecule has 1 N–H and O–H groups in total. The number of ether oxygens (including phenoxy) is 1. The van der Waals surface area contributed by atoms with E-state index < -0.39 is 0 Å². The van der Waals surface area contributed by atoms with Crippen LogP contribution < -0.4 is 5.32 Å². The molecule has 0 aliphatic heterocycles. The molecule has 1 amide bonds. The number of carbonyl (C=O) groups is 1. The summed E-state index contributed by atoms with van der Waals surface area (Å²) >= 11 is 0. The van der Waals surface area contributed by atoms with Crippen LogP contribution in [0.2, 0.25) is 0 Å². The smallest absolute Gasteiger partial charge is 0.243 e. The van der Waals surface area contributed by atoms with Gasteiger partial charge in [-0.1, -0.05) is 12.7 Å². The van der Waals surface area contributed by atoms with E-state index in [-0.39, 0.29) is 5.91 Å². The van der Waals surface area contributed by atoms with Crippen molar-refractivity contribution < 1.29 is 9.53 Å². The third-order valence-electron chi connectivity index (χ3n) is 1.17. The van der Waals surface area contributed by atoms with Gasteiger partial charge in [-0.3, -0.25) is 4.79 Å². The molecule has 0 radical (unpaired) electrons. The summed E-state index contributed by atoms with van der Waals surface area (Å²) in [5, 5.41) is 2.70. The first-order valence-electron chi connectivity index (χ1n) is 3.94. The minimum absolute atomic E-state index is 0.0592. The maximum atomic E-state index is 10.8. The zero-order chi connectivity index (χ0) is 9.23. The lowest BCUT2D eigenvalue weighted by atomic mass is 10.4. The molecule has 0 saturated carbocycles. The number of amides is 1. The number of hydrogen-bond acceptors (Lipinski definition) is 2. The van der Waals surface area contributed by atoms with E-state index in [9.17, 15) is 4.79 Å². The Balaban J connectivity index is 3.19. The Bertz CT molecular complexity index is 164. The standard InChI is InChI=1S/C9H15NO2/c1-3-6-9(11)10-7-5-8-12-4-2/h3-4,6H,2,5,7-8H2,1H3,(H,10,11). The highest BCUT2D eigenvalue weighted by molar-refractivity contribution is 5.87. The van der Waals surface area contributed by atoms with Gasteiger partial charge >= 0.3 is 0 Å². The fraction of sp³-hybridized carbons (Fsp3) is 0.444. The van der Waals surface area contributed by atoms with E-state index in [4.69, 9.17) is 4.74 Å². The lowest BCUT2D eigenvalue weighted by Crippen LogP contribution is -2.22. The minimum Gasteiger partial charge on any atom is -0.502 e. The number of nitrogens with one attached hydrogen (secondary N) is 1. The van der Waals surface area contributed by atoms with Crippen molar-refractivity contribution >= 4 is 5.91 Å². The molecule has 0 spiro atoms. The first-order valence-corrected chi connectivity index (χ1v) is 3.94. The van der Waals surface area contributed by atoms with E-state index in [1.807, 2.05) is 0 Å². The summed E-state index contributed by atoms with van der Waals surface area (Å²) < 4.78 is 4.87. The molecule has 0 saturated heterocycles. The van der Waals surface area contributed by atoms with Gasteiger partial charge in [-0.15, -0.1) is 0 Å². The normalized spacial score (nSPS) is 9.75. The topological polar surface area (TPSA) is 38.3 Å². The zero-order valence-electron chi connectivity index (χ0n) is 7.38. The highest BCUT2D eigenvalue weighted by Gasteiger charge is 1.91. The molecule has 0 heterocycles. The largest absolute Gasteiger partial charge is 0.502 e. The molecule has 0 unspecified atom stereocenters. The van der Waals surface area contributed by atoms with E-state index in [1.165, 1.54) is 12.3 Å². The Morgan fingerprint density at radius 3 is 3.00 bits per heavy atom. The second-order valence-electron chi connectivity index (χ2n) is 2.18. The third-order valence-corrected chi connectivity index (χ3v) is 1.17. The summed E-state index contributed by atoms with van der Waals surface area (Å²) in [6.07, 6.45) is 5.40.